The Labute approximate surface area is 160 Å². The lowest BCUT2D eigenvalue weighted by Crippen LogP contribution is -2.15. The van der Waals surface area contributed by atoms with Gasteiger partial charge in [-0.25, -0.2) is 14.2 Å². The van der Waals surface area contributed by atoms with Crippen LogP contribution in [0.4, 0.5) is 4.39 Å². The van der Waals surface area contributed by atoms with E-state index in [1.165, 1.54) is 35.1 Å². The number of thiazole rings is 1. The topological polar surface area (TPSA) is 56.3 Å². The number of Topliss-reactive ketones (excluding diaryl/α,β-unsaturated/α-hetero) is 1. The van der Waals surface area contributed by atoms with Crippen molar-refractivity contribution in [3.05, 3.63) is 76.0 Å². The van der Waals surface area contributed by atoms with Gasteiger partial charge in [-0.2, -0.15) is 0 Å². The van der Waals surface area contributed by atoms with Crippen LogP contribution in [0.1, 0.15) is 38.2 Å². The highest BCUT2D eigenvalue weighted by atomic mass is 32.1. The number of hydrogen-bond donors (Lipinski definition) is 0. The first kappa shape index (κ1) is 18.9. The fourth-order valence-corrected chi connectivity index (χ4v) is 3.52. The van der Waals surface area contributed by atoms with E-state index in [1.54, 1.807) is 13.0 Å². The van der Waals surface area contributed by atoms with Gasteiger partial charge < -0.3 is 4.74 Å². The standard InChI is InChI=1S/C21H18FNO3S/c1-3-14-8-10-15(11-9-14)20-23-13(2)19(27-20)21(25)26-12-18(24)16-6-4-5-7-17(16)22/h4-11H,3,12H2,1-2H3. The highest BCUT2D eigenvalue weighted by Gasteiger charge is 2.20. The molecular weight excluding hydrogens is 365 g/mol. The number of hydrogen-bond acceptors (Lipinski definition) is 5. The number of aromatic nitrogens is 1. The molecule has 0 bridgehead atoms. The molecule has 0 spiro atoms. The van der Waals surface area contributed by atoms with Crippen molar-refractivity contribution in [3.63, 3.8) is 0 Å². The second kappa shape index (κ2) is 8.22. The van der Waals surface area contributed by atoms with Gasteiger partial charge >= 0.3 is 5.97 Å². The van der Waals surface area contributed by atoms with Crippen molar-refractivity contribution in [2.75, 3.05) is 6.61 Å². The molecule has 4 nitrogen and oxygen atoms in total. The zero-order chi connectivity index (χ0) is 19.4. The molecule has 0 aliphatic heterocycles. The van der Waals surface area contributed by atoms with Crippen LogP contribution < -0.4 is 0 Å². The monoisotopic (exact) mass is 383 g/mol. The van der Waals surface area contributed by atoms with Crippen LogP contribution in [0.15, 0.2) is 48.5 Å². The number of carbonyl (C=O) groups excluding carboxylic acids is 2. The summed E-state index contributed by atoms with van der Waals surface area (Å²) in [6.07, 6.45) is 0.949. The van der Waals surface area contributed by atoms with E-state index >= 15 is 0 Å². The minimum absolute atomic E-state index is 0.0944. The van der Waals surface area contributed by atoms with Gasteiger partial charge in [0.15, 0.2) is 6.61 Å². The molecule has 6 heteroatoms. The number of carbonyl (C=O) groups is 2. The summed E-state index contributed by atoms with van der Waals surface area (Å²) in [5.41, 5.74) is 2.58. The van der Waals surface area contributed by atoms with Gasteiger partial charge in [0, 0.05) is 5.56 Å². The highest BCUT2D eigenvalue weighted by molar-refractivity contribution is 7.17. The number of esters is 1. The zero-order valence-electron chi connectivity index (χ0n) is 15.0. The molecule has 0 saturated carbocycles. The predicted octanol–water partition coefficient (Wildman–Crippen LogP) is 4.86. The van der Waals surface area contributed by atoms with Crippen LogP contribution in [-0.4, -0.2) is 23.3 Å². The van der Waals surface area contributed by atoms with Crippen LogP contribution in [0.5, 0.6) is 0 Å². The number of aryl methyl sites for hydroxylation is 2. The Kier molecular flexibility index (Phi) is 5.76. The Bertz CT molecular complexity index is 979. The van der Waals surface area contributed by atoms with Crippen LogP contribution in [0.25, 0.3) is 10.6 Å². The van der Waals surface area contributed by atoms with Crippen molar-refractivity contribution in [3.8, 4) is 10.6 Å². The van der Waals surface area contributed by atoms with Crippen LogP contribution >= 0.6 is 11.3 Å². The van der Waals surface area contributed by atoms with E-state index in [1.807, 2.05) is 24.3 Å². The molecule has 1 heterocycles. The molecular formula is C21H18FNO3S. The molecule has 3 rings (SSSR count). The van der Waals surface area contributed by atoms with E-state index < -0.39 is 24.2 Å². The molecule has 0 saturated heterocycles. The highest BCUT2D eigenvalue weighted by Crippen LogP contribution is 2.28. The number of rotatable bonds is 6. The maximum absolute atomic E-state index is 13.6. The summed E-state index contributed by atoms with van der Waals surface area (Å²) < 4.78 is 18.7. The minimum atomic E-state index is -0.634. The Morgan fingerprint density at radius 2 is 1.81 bits per heavy atom. The molecule has 0 unspecified atom stereocenters. The van der Waals surface area contributed by atoms with Gasteiger partial charge in [-0.3, -0.25) is 4.79 Å². The molecule has 2 aromatic carbocycles. The Balaban J connectivity index is 1.71. The quantitative estimate of drug-likeness (QED) is 0.451. The number of ketones is 1. The lowest BCUT2D eigenvalue weighted by molar-refractivity contribution is 0.0477. The lowest BCUT2D eigenvalue weighted by Gasteiger charge is -2.04. The summed E-state index contributed by atoms with van der Waals surface area (Å²) in [4.78, 5) is 29.1. The summed E-state index contributed by atoms with van der Waals surface area (Å²) in [6.45, 7) is 3.28. The van der Waals surface area contributed by atoms with Crippen molar-refractivity contribution in [1.82, 2.24) is 4.98 Å². The first-order valence-corrected chi connectivity index (χ1v) is 9.32. The van der Waals surface area contributed by atoms with Gasteiger partial charge in [-0.05, 0) is 31.0 Å². The molecule has 0 aliphatic rings. The van der Waals surface area contributed by atoms with Gasteiger partial charge in [0.2, 0.25) is 5.78 Å². The third-order valence-electron chi connectivity index (χ3n) is 4.10. The van der Waals surface area contributed by atoms with E-state index in [0.29, 0.717) is 15.6 Å². The molecule has 0 radical (unpaired) electrons. The third kappa shape index (κ3) is 4.28. The molecule has 3 aromatic rings. The summed E-state index contributed by atoms with van der Waals surface area (Å²) >= 11 is 1.21. The fraction of sp³-hybridized carbons (Fsp3) is 0.190. The van der Waals surface area contributed by atoms with E-state index in [9.17, 15) is 14.0 Å². The summed E-state index contributed by atoms with van der Waals surface area (Å²) in [5, 5.41) is 0.711. The Morgan fingerprint density at radius 3 is 2.48 bits per heavy atom. The van der Waals surface area contributed by atoms with Gasteiger partial charge in [-0.15, -0.1) is 11.3 Å². The van der Waals surface area contributed by atoms with E-state index in [-0.39, 0.29) is 5.56 Å². The summed E-state index contributed by atoms with van der Waals surface area (Å²) in [7, 11) is 0. The lowest BCUT2D eigenvalue weighted by atomic mass is 10.1. The number of ether oxygens (including phenoxy) is 1. The minimum Gasteiger partial charge on any atom is -0.453 e. The first-order chi connectivity index (χ1) is 13.0. The van der Waals surface area contributed by atoms with Crippen molar-refractivity contribution in [2.24, 2.45) is 0 Å². The normalized spacial score (nSPS) is 10.6. The molecule has 0 amide bonds. The smallest absolute Gasteiger partial charge is 0.350 e. The van der Waals surface area contributed by atoms with Crippen molar-refractivity contribution in [2.45, 2.75) is 20.3 Å². The van der Waals surface area contributed by atoms with Crippen LogP contribution in [0, 0.1) is 12.7 Å². The van der Waals surface area contributed by atoms with E-state index in [4.69, 9.17) is 4.74 Å². The second-order valence-electron chi connectivity index (χ2n) is 5.96. The predicted molar refractivity (Wildman–Crippen MR) is 103 cm³/mol. The maximum Gasteiger partial charge on any atom is 0.350 e. The number of halogens is 1. The number of benzene rings is 2. The average molecular weight is 383 g/mol. The molecule has 0 fully saturated rings. The van der Waals surface area contributed by atoms with Gasteiger partial charge in [0.1, 0.15) is 15.7 Å². The zero-order valence-corrected chi connectivity index (χ0v) is 15.8. The summed E-state index contributed by atoms with van der Waals surface area (Å²) in [6, 6.07) is 13.6. The largest absolute Gasteiger partial charge is 0.453 e. The molecule has 0 atom stereocenters. The number of nitrogens with zero attached hydrogens (tertiary/aromatic N) is 1. The Hall–Kier alpha value is -2.86. The fourth-order valence-electron chi connectivity index (χ4n) is 2.55. The van der Waals surface area contributed by atoms with Crippen LogP contribution in [-0.2, 0) is 11.2 Å². The average Bonchev–Trinajstić information content (AvgIpc) is 3.08. The van der Waals surface area contributed by atoms with E-state index in [2.05, 4.69) is 11.9 Å². The van der Waals surface area contributed by atoms with Crippen LogP contribution in [0.2, 0.25) is 0 Å². The van der Waals surface area contributed by atoms with Crippen LogP contribution in [0.3, 0.4) is 0 Å². The first-order valence-electron chi connectivity index (χ1n) is 8.51. The molecule has 27 heavy (non-hydrogen) atoms. The SMILES string of the molecule is CCc1ccc(-c2nc(C)c(C(=O)OCC(=O)c3ccccc3F)s2)cc1. The molecule has 0 N–H and O–H groups in total. The van der Waals surface area contributed by atoms with Gasteiger partial charge in [0.25, 0.3) is 0 Å². The van der Waals surface area contributed by atoms with Gasteiger partial charge in [-0.1, -0.05) is 43.3 Å². The second-order valence-corrected chi connectivity index (χ2v) is 6.96. The Morgan fingerprint density at radius 1 is 1.11 bits per heavy atom. The molecule has 0 aliphatic carbocycles. The maximum atomic E-state index is 13.6. The molecule has 1 aromatic heterocycles. The van der Waals surface area contributed by atoms with Crippen molar-refractivity contribution in [1.29, 1.82) is 0 Å². The van der Waals surface area contributed by atoms with Gasteiger partial charge in [0.05, 0.1) is 11.3 Å². The van der Waals surface area contributed by atoms with Crippen molar-refractivity contribution < 1.29 is 18.7 Å². The molecule has 138 valence electrons. The van der Waals surface area contributed by atoms with Crippen molar-refractivity contribution >= 4 is 23.1 Å². The van der Waals surface area contributed by atoms with E-state index in [0.717, 1.165) is 12.0 Å². The third-order valence-corrected chi connectivity index (χ3v) is 5.29. The summed E-state index contributed by atoms with van der Waals surface area (Å²) in [5.74, 6) is -1.85.